The first-order valence-corrected chi connectivity index (χ1v) is 11.0. The van der Waals surface area contributed by atoms with E-state index in [0.717, 1.165) is 48.5 Å². The van der Waals surface area contributed by atoms with E-state index in [1.54, 1.807) is 0 Å². The zero-order valence-electron chi connectivity index (χ0n) is 17.9. The van der Waals surface area contributed by atoms with Crippen molar-refractivity contribution < 1.29 is 24.4 Å². The summed E-state index contributed by atoms with van der Waals surface area (Å²) in [7, 11) is 0. The number of hydrogen-bond donors (Lipinski definition) is 2. The standard InChI is InChI=1S/C25H32O5/c1-3-28-20-8-6-17(7-9-20)11-18-12-23(16(2)25-22(18)5-4-10-29-25)24-14-19(27)13-21(15-26)30-24/h6-9,12,19,21,24,26-27H,3-5,10-11,13-15H2,1-2H3. The molecule has 0 amide bonds. The van der Waals surface area contributed by atoms with Crippen LogP contribution in [0.5, 0.6) is 11.5 Å². The highest BCUT2D eigenvalue weighted by Crippen LogP contribution is 2.41. The average Bonchev–Trinajstić information content (AvgIpc) is 2.76. The molecule has 1 saturated heterocycles. The lowest BCUT2D eigenvalue weighted by molar-refractivity contribution is -0.114. The van der Waals surface area contributed by atoms with E-state index in [9.17, 15) is 10.2 Å². The SMILES string of the molecule is CCOc1ccc(Cc2cc(C3CC(O)CC(CO)O3)c(C)c3c2CCCO3)cc1. The topological polar surface area (TPSA) is 68.2 Å². The number of aliphatic hydroxyl groups excluding tert-OH is 2. The maximum atomic E-state index is 10.3. The molecule has 3 unspecified atom stereocenters. The number of rotatable bonds is 6. The summed E-state index contributed by atoms with van der Waals surface area (Å²) in [5.74, 6) is 1.86. The van der Waals surface area contributed by atoms with Crippen molar-refractivity contribution >= 4 is 0 Å². The van der Waals surface area contributed by atoms with Crippen molar-refractivity contribution in [3.05, 3.63) is 58.1 Å². The third kappa shape index (κ3) is 4.48. The zero-order chi connectivity index (χ0) is 21.1. The fourth-order valence-corrected chi connectivity index (χ4v) is 4.67. The van der Waals surface area contributed by atoms with Gasteiger partial charge in [-0.2, -0.15) is 0 Å². The summed E-state index contributed by atoms with van der Waals surface area (Å²) in [6.07, 6.45) is 2.83. The normalized spacial score (nSPS) is 23.5. The van der Waals surface area contributed by atoms with Gasteiger partial charge in [-0.05, 0) is 73.1 Å². The smallest absolute Gasteiger partial charge is 0.126 e. The number of benzene rings is 2. The van der Waals surface area contributed by atoms with Gasteiger partial charge in [-0.25, -0.2) is 0 Å². The molecular formula is C25H32O5. The fraction of sp³-hybridized carbons (Fsp3) is 0.520. The van der Waals surface area contributed by atoms with Crippen molar-refractivity contribution in [3.63, 3.8) is 0 Å². The molecule has 1 fully saturated rings. The molecule has 2 aromatic rings. The number of fused-ring (bicyclic) bond motifs is 1. The summed E-state index contributed by atoms with van der Waals surface area (Å²) in [6, 6.07) is 10.5. The van der Waals surface area contributed by atoms with Crippen LogP contribution >= 0.6 is 0 Å². The second-order valence-electron chi connectivity index (χ2n) is 8.32. The van der Waals surface area contributed by atoms with Gasteiger partial charge in [-0.15, -0.1) is 0 Å². The van der Waals surface area contributed by atoms with Gasteiger partial charge in [0, 0.05) is 12.8 Å². The zero-order valence-corrected chi connectivity index (χ0v) is 17.9. The first-order chi connectivity index (χ1) is 14.6. The quantitative estimate of drug-likeness (QED) is 0.754. The van der Waals surface area contributed by atoms with Crippen LogP contribution < -0.4 is 9.47 Å². The fourth-order valence-electron chi connectivity index (χ4n) is 4.67. The number of ether oxygens (including phenoxy) is 3. The Hall–Kier alpha value is -2.08. The van der Waals surface area contributed by atoms with Gasteiger partial charge in [0.25, 0.3) is 0 Å². The van der Waals surface area contributed by atoms with Crippen molar-refractivity contribution in [3.8, 4) is 11.5 Å². The Balaban J connectivity index is 1.68. The van der Waals surface area contributed by atoms with E-state index < -0.39 is 6.10 Å². The van der Waals surface area contributed by atoms with Crippen molar-refractivity contribution in [2.24, 2.45) is 0 Å². The first kappa shape index (κ1) is 21.2. The molecule has 5 heteroatoms. The van der Waals surface area contributed by atoms with Crippen molar-refractivity contribution in [2.45, 2.75) is 64.3 Å². The summed E-state index contributed by atoms with van der Waals surface area (Å²) in [6.45, 7) is 5.38. The minimum Gasteiger partial charge on any atom is -0.494 e. The Morgan fingerprint density at radius 2 is 1.97 bits per heavy atom. The molecule has 0 saturated carbocycles. The van der Waals surface area contributed by atoms with Crippen molar-refractivity contribution in [2.75, 3.05) is 19.8 Å². The Kier molecular flexibility index (Phi) is 6.61. The van der Waals surface area contributed by atoms with E-state index in [4.69, 9.17) is 14.2 Å². The molecule has 2 aliphatic rings. The van der Waals surface area contributed by atoms with Gasteiger partial charge in [-0.3, -0.25) is 0 Å². The highest BCUT2D eigenvalue weighted by molar-refractivity contribution is 5.53. The molecule has 0 aliphatic carbocycles. The molecule has 3 atom stereocenters. The average molecular weight is 413 g/mol. The van der Waals surface area contributed by atoms with E-state index in [-0.39, 0.29) is 18.8 Å². The van der Waals surface area contributed by atoms with Crippen LogP contribution in [0.25, 0.3) is 0 Å². The van der Waals surface area contributed by atoms with Gasteiger partial charge in [0.2, 0.25) is 0 Å². The lowest BCUT2D eigenvalue weighted by Gasteiger charge is -2.35. The van der Waals surface area contributed by atoms with Gasteiger partial charge < -0.3 is 24.4 Å². The molecule has 0 spiro atoms. The maximum Gasteiger partial charge on any atom is 0.126 e. The van der Waals surface area contributed by atoms with Gasteiger partial charge in [-0.1, -0.05) is 18.2 Å². The minimum absolute atomic E-state index is 0.0763. The molecule has 2 aliphatic heterocycles. The van der Waals surface area contributed by atoms with Gasteiger partial charge in [0.05, 0.1) is 38.1 Å². The van der Waals surface area contributed by atoms with Crippen LogP contribution in [0.3, 0.4) is 0 Å². The summed E-state index contributed by atoms with van der Waals surface area (Å²) in [5.41, 5.74) is 5.91. The van der Waals surface area contributed by atoms with E-state index in [0.29, 0.717) is 19.4 Å². The highest BCUT2D eigenvalue weighted by Gasteiger charge is 2.32. The molecule has 5 nitrogen and oxygen atoms in total. The monoisotopic (exact) mass is 412 g/mol. The van der Waals surface area contributed by atoms with Crippen LogP contribution in [0.2, 0.25) is 0 Å². The molecular weight excluding hydrogens is 380 g/mol. The molecule has 30 heavy (non-hydrogen) atoms. The van der Waals surface area contributed by atoms with Crippen LogP contribution in [0.1, 0.15) is 60.1 Å². The molecule has 2 N–H and O–H groups in total. The number of hydrogen-bond acceptors (Lipinski definition) is 5. The number of aliphatic hydroxyl groups is 2. The minimum atomic E-state index is -0.466. The van der Waals surface area contributed by atoms with Crippen LogP contribution in [-0.4, -0.2) is 42.2 Å². The molecule has 2 heterocycles. The van der Waals surface area contributed by atoms with Crippen LogP contribution in [0, 0.1) is 6.92 Å². The van der Waals surface area contributed by atoms with Gasteiger partial charge in [0.1, 0.15) is 11.5 Å². The lowest BCUT2D eigenvalue weighted by atomic mass is 9.86. The van der Waals surface area contributed by atoms with E-state index >= 15 is 0 Å². The summed E-state index contributed by atoms with van der Waals surface area (Å²) in [4.78, 5) is 0. The third-order valence-electron chi connectivity index (χ3n) is 6.14. The molecule has 162 valence electrons. The van der Waals surface area contributed by atoms with Crippen LogP contribution in [0.15, 0.2) is 30.3 Å². The molecule has 0 aromatic heterocycles. The Bertz CT molecular complexity index is 861. The largest absolute Gasteiger partial charge is 0.494 e. The predicted octanol–water partition coefficient (Wildman–Crippen LogP) is 3.88. The molecule has 2 aromatic carbocycles. The highest BCUT2D eigenvalue weighted by atomic mass is 16.5. The summed E-state index contributed by atoms with van der Waals surface area (Å²) < 4.78 is 17.8. The summed E-state index contributed by atoms with van der Waals surface area (Å²) in [5, 5.41) is 19.9. The second-order valence-corrected chi connectivity index (χ2v) is 8.32. The third-order valence-corrected chi connectivity index (χ3v) is 6.14. The van der Waals surface area contributed by atoms with Gasteiger partial charge >= 0.3 is 0 Å². The van der Waals surface area contributed by atoms with Gasteiger partial charge in [0.15, 0.2) is 0 Å². The first-order valence-electron chi connectivity index (χ1n) is 11.0. The maximum absolute atomic E-state index is 10.3. The van der Waals surface area contributed by atoms with E-state index in [1.807, 2.05) is 19.1 Å². The van der Waals surface area contributed by atoms with Crippen molar-refractivity contribution in [1.82, 2.24) is 0 Å². The van der Waals surface area contributed by atoms with Crippen LogP contribution in [0.4, 0.5) is 0 Å². The Morgan fingerprint density at radius 1 is 1.17 bits per heavy atom. The van der Waals surface area contributed by atoms with E-state index in [1.165, 1.54) is 16.7 Å². The Morgan fingerprint density at radius 3 is 2.70 bits per heavy atom. The summed E-state index contributed by atoms with van der Waals surface area (Å²) >= 11 is 0. The lowest BCUT2D eigenvalue weighted by Crippen LogP contribution is -2.34. The predicted molar refractivity (Wildman–Crippen MR) is 115 cm³/mol. The Labute approximate surface area is 178 Å². The van der Waals surface area contributed by atoms with Crippen molar-refractivity contribution in [1.29, 1.82) is 0 Å². The second kappa shape index (κ2) is 9.38. The van der Waals surface area contributed by atoms with E-state index in [2.05, 4.69) is 25.1 Å². The van der Waals surface area contributed by atoms with Crippen LogP contribution in [-0.2, 0) is 17.6 Å². The molecule has 0 bridgehead atoms. The molecule has 4 rings (SSSR count). The molecule has 0 radical (unpaired) electrons.